The number of methoxy groups -OCH3 is 1. The van der Waals surface area contributed by atoms with Crippen molar-refractivity contribution in [3.63, 3.8) is 0 Å². The number of ether oxygens (including phenoxy) is 1. The molecule has 3 nitrogen and oxygen atoms in total. The molecule has 0 bridgehead atoms. The topological polar surface area (TPSA) is 44.5 Å². The molecule has 3 heteroatoms. The first-order valence-corrected chi connectivity index (χ1v) is 6.04. The molecule has 0 aliphatic rings. The molecule has 0 unspecified atom stereocenters. The highest BCUT2D eigenvalue weighted by Crippen LogP contribution is 2.35. The van der Waals surface area contributed by atoms with Crippen LogP contribution in [0.4, 0.5) is 0 Å². The average Bonchev–Trinajstić information content (AvgIpc) is 2.28. The molecule has 0 aliphatic heterocycles. The molecule has 0 aliphatic carbocycles. The first-order valence-electron chi connectivity index (χ1n) is 6.04. The van der Waals surface area contributed by atoms with E-state index in [0.29, 0.717) is 18.4 Å². The molecule has 0 amide bonds. The van der Waals surface area contributed by atoms with Gasteiger partial charge in [-0.3, -0.25) is 4.84 Å². The highest BCUT2D eigenvalue weighted by molar-refractivity contribution is 5.48. The van der Waals surface area contributed by atoms with Gasteiger partial charge >= 0.3 is 0 Å². The zero-order valence-corrected chi connectivity index (χ0v) is 11.4. The van der Waals surface area contributed by atoms with Crippen LogP contribution in [0.1, 0.15) is 56.2 Å². The van der Waals surface area contributed by atoms with Crippen LogP contribution in [0, 0.1) is 0 Å². The summed E-state index contributed by atoms with van der Waals surface area (Å²) in [6.45, 7) is 9.00. The van der Waals surface area contributed by atoms with Gasteiger partial charge in [0.25, 0.3) is 0 Å². The molecule has 0 fully saturated rings. The SMILES string of the molecule is COc1c(C(C)C)ccc(C(C)C)c1CON. The van der Waals surface area contributed by atoms with Crippen LogP contribution < -0.4 is 10.6 Å². The fraction of sp³-hybridized carbons (Fsp3) is 0.571. The monoisotopic (exact) mass is 237 g/mol. The number of nitrogens with two attached hydrogens (primary N) is 1. The maximum atomic E-state index is 5.55. The van der Waals surface area contributed by atoms with Crippen LogP contribution in [-0.2, 0) is 11.4 Å². The van der Waals surface area contributed by atoms with Crippen LogP contribution in [0.2, 0.25) is 0 Å². The molecule has 0 atom stereocenters. The van der Waals surface area contributed by atoms with Crippen molar-refractivity contribution >= 4 is 0 Å². The van der Waals surface area contributed by atoms with Gasteiger partial charge < -0.3 is 4.74 Å². The molecule has 2 N–H and O–H groups in total. The molecule has 0 spiro atoms. The predicted molar refractivity (Wildman–Crippen MR) is 70.1 cm³/mol. The molecule has 1 rings (SSSR count). The maximum absolute atomic E-state index is 5.55. The molecule has 1 aromatic rings. The van der Waals surface area contributed by atoms with E-state index in [2.05, 4.69) is 39.8 Å². The molecule has 0 saturated heterocycles. The number of benzene rings is 1. The molecular weight excluding hydrogens is 214 g/mol. The smallest absolute Gasteiger partial charge is 0.128 e. The Balaban J connectivity index is 3.38. The molecule has 17 heavy (non-hydrogen) atoms. The molecule has 1 aromatic carbocycles. The van der Waals surface area contributed by atoms with Crippen molar-refractivity contribution in [2.24, 2.45) is 5.90 Å². The standard InChI is InChI=1S/C14H23NO2/c1-9(2)11-6-7-12(10(3)4)14(16-5)13(11)8-17-15/h6-7,9-10H,8,15H2,1-5H3. The second-order valence-corrected chi connectivity index (χ2v) is 4.88. The van der Waals surface area contributed by atoms with Gasteiger partial charge in [-0.2, -0.15) is 0 Å². The van der Waals surface area contributed by atoms with E-state index < -0.39 is 0 Å². The van der Waals surface area contributed by atoms with Crippen molar-refractivity contribution in [2.45, 2.75) is 46.1 Å². The minimum Gasteiger partial charge on any atom is -0.496 e. The zero-order valence-electron chi connectivity index (χ0n) is 11.4. The Morgan fingerprint density at radius 2 is 1.59 bits per heavy atom. The minimum absolute atomic E-state index is 0.386. The summed E-state index contributed by atoms with van der Waals surface area (Å²) in [5.74, 6) is 6.98. The van der Waals surface area contributed by atoms with E-state index in [-0.39, 0.29) is 0 Å². The van der Waals surface area contributed by atoms with Crippen LogP contribution in [0.3, 0.4) is 0 Å². The molecule has 96 valence electrons. The van der Waals surface area contributed by atoms with E-state index in [1.165, 1.54) is 11.1 Å². The van der Waals surface area contributed by atoms with Gasteiger partial charge in [-0.05, 0) is 23.0 Å². The van der Waals surface area contributed by atoms with E-state index in [4.69, 9.17) is 15.5 Å². The highest BCUT2D eigenvalue weighted by atomic mass is 16.6. The van der Waals surface area contributed by atoms with Gasteiger partial charge in [-0.15, -0.1) is 0 Å². The van der Waals surface area contributed by atoms with Crippen LogP contribution in [-0.4, -0.2) is 7.11 Å². The van der Waals surface area contributed by atoms with Crippen molar-refractivity contribution in [2.75, 3.05) is 7.11 Å². The summed E-state index contributed by atoms with van der Waals surface area (Å²) < 4.78 is 5.55. The van der Waals surface area contributed by atoms with Crippen LogP contribution >= 0.6 is 0 Å². The minimum atomic E-state index is 0.386. The summed E-state index contributed by atoms with van der Waals surface area (Å²) in [6.07, 6.45) is 0. The first-order chi connectivity index (χ1) is 8.02. The lowest BCUT2D eigenvalue weighted by Gasteiger charge is -2.20. The van der Waals surface area contributed by atoms with Crippen molar-refractivity contribution in [3.8, 4) is 5.75 Å². The van der Waals surface area contributed by atoms with E-state index in [0.717, 1.165) is 11.3 Å². The molecule has 0 aromatic heterocycles. The number of hydrogen-bond acceptors (Lipinski definition) is 3. The summed E-state index contributed by atoms with van der Waals surface area (Å²) in [5, 5.41) is 0. The Hall–Kier alpha value is -1.06. The summed E-state index contributed by atoms with van der Waals surface area (Å²) >= 11 is 0. The first kappa shape index (κ1) is 14.0. The van der Waals surface area contributed by atoms with Gasteiger partial charge in [0.1, 0.15) is 5.75 Å². The Bertz CT molecular complexity index is 373. The van der Waals surface area contributed by atoms with Crippen LogP contribution in [0.15, 0.2) is 12.1 Å². The number of hydrogen-bond donors (Lipinski definition) is 1. The summed E-state index contributed by atoms with van der Waals surface area (Å²) in [5.41, 5.74) is 3.50. The maximum Gasteiger partial charge on any atom is 0.128 e. The normalized spacial score (nSPS) is 11.3. The fourth-order valence-corrected chi connectivity index (χ4v) is 2.13. The third-order valence-corrected chi connectivity index (χ3v) is 3.00. The van der Waals surface area contributed by atoms with Gasteiger partial charge in [0, 0.05) is 5.56 Å². The van der Waals surface area contributed by atoms with E-state index in [1.807, 2.05) is 0 Å². The van der Waals surface area contributed by atoms with E-state index in [9.17, 15) is 0 Å². The zero-order chi connectivity index (χ0) is 13.0. The summed E-state index contributed by atoms with van der Waals surface area (Å²) in [7, 11) is 1.70. The second-order valence-electron chi connectivity index (χ2n) is 4.88. The quantitative estimate of drug-likeness (QED) is 0.799. The van der Waals surface area contributed by atoms with Gasteiger partial charge in [0.15, 0.2) is 0 Å². The Labute approximate surface area is 104 Å². The lowest BCUT2D eigenvalue weighted by molar-refractivity contribution is 0.121. The summed E-state index contributed by atoms with van der Waals surface area (Å²) in [4.78, 5) is 4.82. The molecular formula is C14H23NO2. The second kappa shape index (κ2) is 6.03. The average molecular weight is 237 g/mol. The van der Waals surface area contributed by atoms with Crippen LogP contribution in [0.5, 0.6) is 5.75 Å². The van der Waals surface area contributed by atoms with Crippen molar-refractivity contribution in [1.82, 2.24) is 0 Å². The Kier molecular flexibility index (Phi) is 4.97. The largest absolute Gasteiger partial charge is 0.496 e. The van der Waals surface area contributed by atoms with E-state index in [1.54, 1.807) is 7.11 Å². The van der Waals surface area contributed by atoms with Gasteiger partial charge in [-0.1, -0.05) is 39.8 Å². The molecule has 0 heterocycles. The predicted octanol–water partition coefficient (Wildman–Crippen LogP) is 3.33. The molecule has 0 radical (unpaired) electrons. The fourth-order valence-electron chi connectivity index (χ4n) is 2.13. The van der Waals surface area contributed by atoms with Gasteiger partial charge in [-0.25, -0.2) is 5.90 Å². The van der Waals surface area contributed by atoms with Crippen LogP contribution in [0.25, 0.3) is 0 Å². The lowest BCUT2D eigenvalue weighted by Crippen LogP contribution is -2.08. The molecule has 0 saturated carbocycles. The van der Waals surface area contributed by atoms with Crippen molar-refractivity contribution in [1.29, 1.82) is 0 Å². The summed E-state index contributed by atoms with van der Waals surface area (Å²) in [6, 6.07) is 4.29. The van der Waals surface area contributed by atoms with Crippen molar-refractivity contribution in [3.05, 3.63) is 28.8 Å². The highest BCUT2D eigenvalue weighted by Gasteiger charge is 2.17. The Morgan fingerprint density at radius 3 is 2.00 bits per heavy atom. The van der Waals surface area contributed by atoms with Crippen molar-refractivity contribution < 1.29 is 9.57 Å². The van der Waals surface area contributed by atoms with Gasteiger partial charge in [0.2, 0.25) is 0 Å². The third kappa shape index (κ3) is 2.99. The lowest BCUT2D eigenvalue weighted by atomic mass is 9.91. The number of rotatable bonds is 5. The third-order valence-electron chi connectivity index (χ3n) is 3.00. The van der Waals surface area contributed by atoms with Gasteiger partial charge in [0.05, 0.1) is 13.7 Å². The van der Waals surface area contributed by atoms with E-state index >= 15 is 0 Å². The Morgan fingerprint density at radius 1 is 1.06 bits per heavy atom.